The van der Waals surface area contributed by atoms with Crippen LogP contribution in [0.15, 0.2) is 0 Å². The molecule has 0 unspecified atom stereocenters. The molecule has 0 atom stereocenters. The minimum Gasteiger partial charge on any atom is -0.344 e. The standard InChI is InChI=1S/BH3.H3N.Nd.H4Si/h2*1H3;;1H4. The smallest absolute Gasteiger partial charge is 0.0814 e. The summed E-state index contributed by atoms with van der Waals surface area (Å²) in [6, 6.07) is 0. The molecule has 0 heterocycles. The van der Waals surface area contributed by atoms with Crippen molar-refractivity contribution in [3.63, 3.8) is 0 Å². The molecule has 0 aromatic rings. The predicted molar refractivity (Wildman–Crippen MR) is 26.3 cm³/mol. The van der Waals surface area contributed by atoms with Gasteiger partial charge in [-0.25, -0.2) is 0 Å². The zero-order valence-corrected chi connectivity index (χ0v) is 4.42. The van der Waals surface area contributed by atoms with Crippen molar-refractivity contribution in [3.8, 4) is 0 Å². The normalized spacial score (nSPS) is 0. The Bertz CT molecular complexity index is 8.00. The van der Waals surface area contributed by atoms with Crippen molar-refractivity contribution in [1.82, 2.24) is 6.15 Å². The van der Waals surface area contributed by atoms with Gasteiger partial charge in [0.25, 0.3) is 0 Å². The minimum absolute atomic E-state index is 0. The Labute approximate surface area is 65.6 Å². The maximum absolute atomic E-state index is 0. The van der Waals surface area contributed by atoms with Crippen LogP contribution >= 0.6 is 0 Å². The quantitative estimate of drug-likeness (QED) is 0.439. The van der Waals surface area contributed by atoms with Crippen molar-refractivity contribution in [3.05, 3.63) is 0 Å². The maximum atomic E-state index is 0. The van der Waals surface area contributed by atoms with Gasteiger partial charge in [0.05, 0.1) is 8.41 Å². The monoisotopic (exact) mass is 205 g/mol. The molecule has 4 heavy (non-hydrogen) atoms. The van der Waals surface area contributed by atoms with E-state index >= 15 is 0 Å². The molecular formula is H10BNNdSi. The van der Waals surface area contributed by atoms with Crippen molar-refractivity contribution in [1.29, 1.82) is 0 Å². The molecule has 0 aliphatic heterocycles. The van der Waals surface area contributed by atoms with Crippen LogP contribution in [-0.4, -0.2) is 19.4 Å². The summed E-state index contributed by atoms with van der Waals surface area (Å²) in [5.74, 6) is 0. The van der Waals surface area contributed by atoms with Crippen molar-refractivity contribution in [2.75, 3.05) is 0 Å². The van der Waals surface area contributed by atoms with Gasteiger partial charge in [0.2, 0.25) is 0 Å². The van der Waals surface area contributed by atoms with Crippen LogP contribution in [0.5, 0.6) is 0 Å². The molecule has 0 saturated heterocycles. The first-order chi connectivity index (χ1) is 0. The summed E-state index contributed by atoms with van der Waals surface area (Å²) in [5, 5.41) is 0. The van der Waals surface area contributed by atoms with Crippen LogP contribution in [0.4, 0.5) is 0 Å². The Morgan fingerprint density at radius 2 is 1.00 bits per heavy atom. The molecule has 4 heteroatoms. The van der Waals surface area contributed by atoms with Gasteiger partial charge in [-0.1, -0.05) is 0 Å². The van der Waals surface area contributed by atoms with Gasteiger partial charge < -0.3 is 6.15 Å². The summed E-state index contributed by atoms with van der Waals surface area (Å²) in [5.41, 5.74) is 0. The van der Waals surface area contributed by atoms with E-state index in [1.54, 1.807) is 0 Å². The van der Waals surface area contributed by atoms with Crippen LogP contribution in [0.1, 0.15) is 0 Å². The Morgan fingerprint density at radius 1 is 1.00 bits per heavy atom. The van der Waals surface area contributed by atoms with Crippen LogP contribution < -0.4 is 6.15 Å². The molecule has 0 rings (SSSR count). The number of hydrogen-bond acceptors (Lipinski definition) is 1. The van der Waals surface area contributed by atoms with Crippen LogP contribution in [-0.2, 0) is 0 Å². The van der Waals surface area contributed by atoms with Gasteiger partial charge in [0.15, 0.2) is 0 Å². The van der Waals surface area contributed by atoms with Gasteiger partial charge in [0, 0.05) is 40.8 Å². The van der Waals surface area contributed by atoms with Crippen LogP contribution in [0.3, 0.4) is 0 Å². The molecule has 3 N–H and O–H groups in total. The molecule has 0 aromatic carbocycles. The summed E-state index contributed by atoms with van der Waals surface area (Å²) >= 11 is 0. The second kappa shape index (κ2) is 23.4. The van der Waals surface area contributed by atoms with E-state index < -0.39 is 0 Å². The van der Waals surface area contributed by atoms with E-state index in [-0.39, 0.29) is 66.4 Å². The molecule has 1 nitrogen and oxygen atoms in total. The third kappa shape index (κ3) is 9.52. The van der Waals surface area contributed by atoms with Crippen molar-refractivity contribution >= 4 is 19.4 Å². The molecule has 0 spiro atoms. The molecule has 0 amide bonds. The Morgan fingerprint density at radius 3 is 1.00 bits per heavy atom. The Balaban J connectivity index is 0. The average Bonchev–Trinajstić information content (AvgIpc) is 0. The van der Waals surface area contributed by atoms with E-state index in [0.29, 0.717) is 0 Å². The summed E-state index contributed by atoms with van der Waals surface area (Å²) in [4.78, 5) is 0. The van der Waals surface area contributed by atoms with E-state index in [0.717, 1.165) is 0 Å². The third-order valence-corrected chi connectivity index (χ3v) is 0. The SMILES string of the molecule is B.N.[Nd].[SiH4]. The van der Waals surface area contributed by atoms with Crippen LogP contribution in [0, 0.1) is 40.8 Å². The fourth-order valence-electron chi connectivity index (χ4n) is 0. The van der Waals surface area contributed by atoms with Gasteiger partial charge in [-0.15, -0.1) is 0 Å². The van der Waals surface area contributed by atoms with E-state index in [1.807, 2.05) is 0 Å². The van der Waals surface area contributed by atoms with E-state index in [2.05, 4.69) is 0 Å². The second-order valence-corrected chi connectivity index (χ2v) is 0. The molecule has 0 radical (unpaired) electrons. The molecular weight excluding hydrogens is 197 g/mol. The Hall–Kier alpha value is 1.59. The maximum Gasteiger partial charge on any atom is 0.0814 e. The van der Waals surface area contributed by atoms with Crippen molar-refractivity contribution in [2.45, 2.75) is 0 Å². The van der Waals surface area contributed by atoms with Gasteiger partial charge in [-0.3, -0.25) is 0 Å². The molecule has 26 valence electrons. The zero-order valence-electron chi connectivity index (χ0n) is 1.21. The van der Waals surface area contributed by atoms with E-state index in [9.17, 15) is 0 Å². The van der Waals surface area contributed by atoms with E-state index in [4.69, 9.17) is 0 Å². The first-order valence-corrected chi connectivity index (χ1v) is 0. The van der Waals surface area contributed by atoms with Gasteiger partial charge in [-0.2, -0.15) is 0 Å². The van der Waals surface area contributed by atoms with Crippen LogP contribution in [0.2, 0.25) is 0 Å². The largest absolute Gasteiger partial charge is 0.344 e. The molecule has 0 aliphatic rings. The fourth-order valence-corrected chi connectivity index (χ4v) is 0. The topological polar surface area (TPSA) is 35.0 Å². The van der Waals surface area contributed by atoms with Crippen LogP contribution in [0.25, 0.3) is 0 Å². The predicted octanol–water partition coefficient (Wildman–Crippen LogP) is -2.47. The Kier molecular flexibility index (Phi) is 272. The second-order valence-electron chi connectivity index (χ2n) is 0. The number of hydrogen-bond donors (Lipinski definition) is 1. The molecule has 0 saturated carbocycles. The summed E-state index contributed by atoms with van der Waals surface area (Å²) in [7, 11) is 0. The zero-order chi connectivity index (χ0) is 0. The average molecular weight is 207 g/mol. The van der Waals surface area contributed by atoms with Gasteiger partial charge in [0.1, 0.15) is 0 Å². The number of rotatable bonds is 0. The summed E-state index contributed by atoms with van der Waals surface area (Å²) in [6.07, 6.45) is 0. The first-order valence-electron chi connectivity index (χ1n) is 0. The molecule has 0 fully saturated rings. The summed E-state index contributed by atoms with van der Waals surface area (Å²) < 4.78 is 0. The molecule has 0 aliphatic carbocycles. The molecule has 0 aromatic heterocycles. The molecule has 0 bridgehead atoms. The van der Waals surface area contributed by atoms with Crippen molar-refractivity contribution in [2.24, 2.45) is 0 Å². The van der Waals surface area contributed by atoms with Crippen molar-refractivity contribution < 1.29 is 40.8 Å². The van der Waals surface area contributed by atoms with E-state index in [1.165, 1.54) is 0 Å². The minimum atomic E-state index is 0. The first kappa shape index (κ1) is 46.5. The summed E-state index contributed by atoms with van der Waals surface area (Å²) in [6.45, 7) is 0. The fraction of sp³-hybridized carbons (Fsp3) is 0. The third-order valence-electron chi connectivity index (χ3n) is 0. The van der Waals surface area contributed by atoms with Gasteiger partial charge >= 0.3 is 0 Å². The van der Waals surface area contributed by atoms with Gasteiger partial charge in [-0.05, 0) is 11.0 Å².